The molecule has 0 saturated carbocycles. The summed E-state index contributed by atoms with van der Waals surface area (Å²) in [5.41, 5.74) is 1.20. The maximum absolute atomic E-state index is 11.2. The monoisotopic (exact) mass is 258 g/mol. The second-order valence-corrected chi connectivity index (χ2v) is 4.08. The SMILES string of the molecule is Cn1cnnc1Cn1nnc2cccc(C(=O)O)c21. The molecule has 0 fully saturated rings. The van der Waals surface area contributed by atoms with Crippen molar-refractivity contribution < 1.29 is 9.90 Å². The number of carbonyl (C=O) groups is 1. The molecule has 0 atom stereocenters. The molecule has 0 bridgehead atoms. The minimum absolute atomic E-state index is 0.171. The lowest BCUT2D eigenvalue weighted by molar-refractivity contribution is 0.0698. The molecule has 0 aliphatic rings. The highest BCUT2D eigenvalue weighted by atomic mass is 16.4. The first-order valence-electron chi connectivity index (χ1n) is 5.55. The van der Waals surface area contributed by atoms with Crippen LogP contribution < -0.4 is 0 Å². The smallest absolute Gasteiger partial charge is 0.337 e. The number of hydrogen-bond acceptors (Lipinski definition) is 5. The van der Waals surface area contributed by atoms with E-state index < -0.39 is 5.97 Å². The van der Waals surface area contributed by atoms with Crippen LogP contribution in [0.3, 0.4) is 0 Å². The second-order valence-electron chi connectivity index (χ2n) is 4.08. The molecule has 0 radical (unpaired) electrons. The molecule has 0 aliphatic heterocycles. The van der Waals surface area contributed by atoms with Crippen LogP contribution in [0.25, 0.3) is 11.0 Å². The van der Waals surface area contributed by atoms with E-state index in [2.05, 4.69) is 20.5 Å². The van der Waals surface area contributed by atoms with Crippen molar-refractivity contribution in [1.82, 2.24) is 29.8 Å². The van der Waals surface area contributed by atoms with E-state index in [1.165, 1.54) is 10.7 Å². The third kappa shape index (κ3) is 1.82. The van der Waals surface area contributed by atoms with Gasteiger partial charge in [0, 0.05) is 7.05 Å². The summed E-state index contributed by atoms with van der Waals surface area (Å²) < 4.78 is 3.26. The Bertz CT molecular complexity index is 759. The van der Waals surface area contributed by atoms with Crippen LogP contribution in [0.5, 0.6) is 0 Å². The van der Waals surface area contributed by atoms with Gasteiger partial charge in [0.05, 0.1) is 5.56 Å². The number of rotatable bonds is 3. The van der Waals surface area contributed by atoms with Crippen molar-refractivity contribution in [2.75, 3.05) is 0 Å². The van der Waals surface area contributed by atoms with Crippen LogP contribution in [0.4, 0.5) is 0 Å². The average Bonchev–Trinajstić information content (AvgIpc) is 2.97. The lowest BCUT2D eigenvalue weighted by Crippen LogP contribution is -2.09. The molecule has 8 heteroatoms. The first kappa shape index (κ1) is 11.3. The zero-order chi connectivity index (χ0) is 13.4. The molecule has 3 aromatic rings. The van der Waals surface area contributed by atoms with Crippen molar-refractivity contribution >= 4 is 17.0 Å². The summed E-state index contributed by atoms with van der Waals surface area (Å²) in [5, 5.41) is 24.9. The fourth-order valence-electron chi connectivity index (χ4n) is 1.90. The molecule has 96 valence electrons. The number of aryl methyl sites for hydroxylation is 1. The van der Waals surface area contributed by atoms with Crippen molar-refractivity contribution in [3.05, 3.63) is 35.9 Å². The molecule has 1 N–H and O–H groups in total. The summed E-state index contributed by atoms with van der Waals surface area (Å²) in [6.45, 7) is 0.317. The van der Waals surface area contributed by atoms with E-state index in [4.69, 9.17) is 0 Å². The summed E-state index contributed by atoms with van der Waals surface area (Å²) in [6.07, 6.45) is 1.58. The minimum Gasteiger partial charge on any atom is -0.478 e. The summed E-state index contributed by atoms with van der Waals surface area (Å²) in [7, 11) is 1.81. The van der Waals surface area contributed by atoms with Crippen molar-refractivity contribution in [3.63, 3.8) is 0 Å². The van der Waals surface area contributed by atoms with Gasteiger partial charge in [-0.25, -0.2) is 9.48 Å². The number of carboxylic acids is 1. The van der Waals surface area contributed by atoms with Crippen LogP contribution in [0.1, 0.15) is 16.2 Å². The maximum atomic E-state index is 11.2. The largest absolute Gasteiger partial charge is 0.478 e. The van der Waals surface area contributed by atoms with Gasteiger partial charge in [-0.05, 0) is 12.1 Å². The predicted molar refractivity (Wildman–Crippen MR) is 64.6 cm³/mol. The molecule has 0 spiro atoms. The van der Waals surface area contributed by atoms with Crippen molar-refractivity contribution in [2.24, 2.45) is 7.05 Å². The summed E-state index contributed by atoms with van der Waals surface area (Å²) >= 11 is 0. The quantitative estimate of drug-likeness (QED) is 0.725. The Morgan fingerprint density at radius 2 is 2.21 bits per heavy atom. The molecular weight excluding hydrogens is 248 g/mol. The molecule has 3 rings (SSSR count). The van der Waals surface area contributed by atoms with Crippen LogP contribution in [0.15, 0.2) is 24.5 Å². The van der Waals surface area contributed by atoms with Gasteiger partial charge in [0.15, 0.2) is 5.82 Å². The highest BCUT2D eigenvalue weighted by Gasteiger charge is 2.15. The first-order valence-corrected chi connectivity index (χ1v) is 5.55. The maximum Gasteiger partial charge on any atom is 0.337 e. The molecule has 8 nitrogen and oxygen atoms in total. The zero-order valence-electron chi connectivity index (χ0n) is 10.1. The highest BCUT2D eigenvalue weighted by Crippen LogP contribution is 2.17. The number of benzene rings is 1. The zero-order valence-corrected chi connectivity index (χ0v) is 10.1. The molecule has 1 aromatic carbocycles. The van der Waals surface area contributed by atoms with Crippen molar-refractivity contribution in [3.8, 4) is 0 Å². The van der Waals surface area contributed by atoms with Gasteiger partial charge < -0.3 is 9.67 Å². The van der Waals surface area contributed by atoms with Crippen molar-refractivity contribution in [1.29, 1.82) is 0 Å². The van der Waals surface area contributed by atoms with E-state index >= 15 is 0 Å². The van der Waals surface area contributed by atoms with Gasteiger partial charge in [-0.3, -0.25) is 0 Å². The Morgan fingerprint density at radius 1 is 1.37 bits per heavy atom. The van der Waals surface area contributed by atoms with E-state index in [1.54, 1.807) is 23.0 Å². The van der Waals surface area contributed by atoms with Gasteiger partial charge in [0.25, 0.3) is 0 Å². The fraction of sp³-hybridized carbons (Fsp3) is 0.182. The number of carboxylic acid groups (broad SMARTS) is 1. The topological polar surface area (TPSA) is 98.7 Å². The number of aromatic carboxylic acids is 1. The average molecular weight is 258 g/mol. The van der Waals surface area contributed by atoms with E-state index in [1.807, 2.05) is 7.05 Å². The van der Waals surface area contributed by atoms with Crippen LogP contribution >= 0.6 is 0 Å². The fourth-order valence-corrected chi connectivity index (χ4v) is 1.90. The molecule has 0 amide bonds. The molecule has 2 heterocycles. The Balaban J connectivity index is 2.14. The predicted octanol–water partition coefficient (Wildman–Crippen LogP) is 0.306. The number of aromatic nitrogens is 6. The van der Waals surface area contributed by atoms with Crippen molar-refractivity contribution in [2.45, 2.75) is 6.54 Å². The molecular formula is C11H10N6O2. The Morgan fingerprint density at radius 3 is 2.89 bits per heavy atom. The Labute approximate surface area is 107 Å². The molecule has 2 aromatic heterocycles. The molecule has 0 aliphatic carbocycles. The van der Waals surface area contributed by atoms with Crippen LogP contribution in [0, 0.1) is 0 Å². The van der Waals surface area contributed by atoms with Gasteiger partial charge in [-0.2, -0.15) is 0 Å². The van der Waals surface area contributed by atoms with E-state index in [9.17, 15) is 9.90 Å². The van der Waals surface area contributed by atoms with E-state index in [0.29, 0.717) is 23.4 Å². The lowest BCUT2D eigenvalue weighted by atomic mass is 10.2. The number of para-hydroxylation sites is 1. The molecule has 0 saturated heterocycles. The minimum atomic E-state index is -1.01. The summed E-state index contributed by atoms with van der Waals surface area (Å²) in [5.74, 6) is -0.334. The molecule has 19 heavy (non-hydrogen) atoms. The van der Waals surface area contributed by atoms with Gasteiger partial charge in [0.1, 0.15) is 23.9 Å². The number of hydrogen-bond donors (Lipinski definition) is 1. The number of nitrogens with zero attached hydrogens (tertiary/aromatic N) is 6. The number of fused-ring (bicyclic) bond motifs is 1. The normalized spacial score (nSPS) is 11.0. The lowest BCUT2D eigenvalue weighted by Gasteiger charge is -2.03. The Hall–Kier alpha value is -2.77. The van der Waals surface area contributed by atoms with Crippen LogP contribution in [0.2, 0.25) is 0 Å². The summed E-state index contributed by atoms with van der Waals surface area (Å²) in [4.78, 5) is 11.2. The third-order valence-corrected chi connectivity index (χ3v) is 2.86. The van der Waals surface area contributed by atoms with Gasteiger partial charge >= 0.3 is 5.97 Å². The Kier molecular flexibility index (Phi) is 2.48. The van der Waals surface area contributed by atoms with Gasteiger partial charge in [-0.15, -0.1) is 15.3 Å². The van der Waals surface area contributed by atoms with E-state index in [-0.39, 0.29) is 5.56 Å². The first-order chi connectivity index (χ1) is 9.16. The third-order valence-electron chi connectivity index (χ3n) is 2.86. The summed E-state index contributed by atoms with van der Waals surface area (Å²) in [6, 6.07) is 4.90. The van der Waals surface area contributed by atoms with Crippen LogP contribution in [-0.4, -0.2) is 40.8 Å². The second kappa shape index (κ2) is 4.16. The standard InChI is InChI=1S/C11H10N6O2/c1-16-6-12-14-9(16)5-17-10-7(11(18)19)3-2-4-8(10)13-15-17/h2-4,6H,5H2,1H3,(H,18,19). The highest BCUT2D eigenvalue weighted by molar-refractivity contribution is 6.00. The van der Waals surface area contributed by atoms with E-state index in [0.717, 1.165) is 0 Å². The van der Waals surface area contributed by atoms with Gasteiger partial charge in [0.2, 0.25) is 0 Å². The van der Waals surface area contributed by atoms with Crippen LogP contribution in [-0.2, 0) is 13.6 Å². The van der Waals surface area contributed by atoms with Gasteiger partial charge in [-0.1, -0.05) is 11.3 Å². The molecule has 0 unspecified atom stereocenters.